The fraction of sp³-hybridized carbons (Fsp3) is 0.391. The van der Waals surface area contributed by atoms with Gasteiger partial charge in [0, 0.05) is 17.5 Å². The third-order valence-electron chi connectivity index (χ3n) is 5.93. The Hall–Kier alpha value is -3.02. The fourth-order valence-corrected chi connectivity index (χ4v) is 4.41. The first-order chi connectivity index (χ1) is 14.2. The molecule has 1 saturated carbocycles. The second-order valence-corrected chi connectivity index (χ2v) is 7.99. The topological polar surface area (TPSA) is 76.2 Å². The molecule has 6 heteroatoms. The molecule has 2 N–H and O–H groups in total. The van der Waals surface area contributed by atoms with Gasteiger partial charge in [-0.05, 0) is 56.0 Å². The van der Waals surface area contributed by atoms with Crippen LogP contribution in [0.4, 0.5) is 0 Å². The van der Waals surface area contributed by atoms with E-state index in [1.54, 1.807) is 12.1 Å². The van der Waals surface area contributed by atoms with Gasteiger partial charge in [0.1, 0.15) is 19.0 Å². The van der Waals surface area contributed by atoms with Gasteiger partial charge in [-0.3, -0.25) is 4.79 Å². The van der Waals surface area contributed by atoms with Crippen molar-refractivity contribution in [3.8, 4) is 11.5 Å². The number of aromatic nitrogens is 2. The summed E-state index contributed by atoms with van der Waals surface area (Å²) in [4.78, 5) is 21.1. The largest absolute Gasteiger partial charge is 0.486 e. The summed E-state index contributed by atoms with van der Waals surface area (Å²) in [6.45, 7) is 3.15. The minimum absolute atomic E-state index is 0.0620. The predicted molar refractivity (Wildman–Crippen MR) is 111 cm³/mol. The highest BCUT2D eigenvalue weighted by Gasteiger charge is 2.27. The summed E-state index contributed by atoms with van der Waals surface area (Å²) < 4.78 is 11.1. The molecule has 2 aliphatic rings. The van der Waals surface area contributed by atoms with Crippen LogP contribution in [0.15, 0.2) is 36.4 Å². The number of para-hydroxylation sites is 1. The van der Waals surface area contributed by atoms with Crippen LogP contribution in [0.1, 0.15) is 53.3 Å². The zero-order chi connectivity index (χ0) is 19.8. The van der Waals surface area contributed by atoms with Crippen LogP contribution >= 0.6 is 0 Å². The lowest BCUT2D eigenvalue weighted by molar-refractivity contribution is 0.0923. The number of imidazole rings is 1. The number of hydrogen-bond donors (Lipinski definition) is 2. The Labute approximate surface area is 169 Å². The zero-order valence-electron chi connectivity index (χ0n) is 16.5. The number of aryl methyl sites for hydroxylation is 1. The highest BCUT2D eigenvalue weighted by atomic mass is 16.6. The van der Waals surface area contributed by atoms with E-state index < -0.39 is 0 Å². The number of ether oxygens (including phenoxy) is 2. The lowest BCUT2D eigenvalue weighted by Gasteiger charge is -2.29. The Balaban J connectivity index is 1.29. The molecule has 1 fully saturated rings. The number of aromatic amines is 1. The van der Waals surface area contributed by atoms with Crippen LogP contribution in [0.25, 0.3) is 11.0 Å². The molecule has 2 unspecified atom stereocenters. The van der Waals surface area contributed by atoms with Crippen LogP contribution in [-0.2, 0) is 0 Å². The lowest BCUT2D eigenvalue weighted by Crippen LogP contribution is -2.38. The highest BCUT2D eigenvalue weighted by Crippen LogP contribution is 2.34. The summed E-state index contributed by atoms with van der Waals surface area (Å²) in [5, 5.41) is 3.21. The van der Waals surface area contributed by atoms with Gasteiger partial charge < -0.3 is 19.8 Å². The molecule has 2 aromatic carbocycles. The van der Waals surface area contributed by atoms with Gasteiger partial charge in [0.25, 0.3) is 5.91 Å². The van der Waals surface area contributed by atoms with Crippen LogP contribution in [0.5, 0.6) is 11.5 Å². The number of carbonyl (C=O) groups excluding carboxylic acids is 1. The summed E-state index contributed by atoms with van der Waals surface area (Å²) in [6.07, 6.45) is 4.06. The van der Waals surface area contributed by atoms with Crippen molar-refractivity contribution in [1.29, 1.82) is 0 Å². The molecule has 5 rings (SSSR count). The highest BCUT2D eigenvalue weighted by molar-refractivity contribution is 5.95. The number of carbonyl (C=O) groups is 1. The molecule has 2 heterocycles. The van der Waals surface area contributed by atoms with Gasteiger partial charge in [-0.1, -0.05) is 18.6 Å². The number of amides is 1. The normalized spacial score (nSPS) is 21.1. The fourth-order valence-electron chi connectivity index (χ4n) is 4.41. The molecule has 1 aromatic heterocycles. The van der Waals surface area contributed by atoms with Gasteiger partial charge in [-0.15, -0.1) is 0 Å². The standard InChI is InChI=1S/C23H25N3O3/c1-14-4-2-7-18-21(14)26-22(25-18)15-5-3-6-17(12-15)24-23(27)16-8-9-19-20(13-16)29-11-10-28-19/h2,4,7-9,13,15,17H,3,5-6,10-12H2,1H3,(H,24,27)(H,25,26). The third kappa shape index (κ3) is 3.55. The molecule has 0 bridgehead atoms. The van der Waals surface area contributed by atoms with E-state index in [0.717, 1.165) is 42.5 Å². The average molecular weight is 391 g/mol. The number of benzene rings is 2. The smallest absolute Gasteiger partial charge is 0.251 e. The Morgan fingerprint density at radius 1 is 1.14 bits per heavy atom. The van der Waals surface area contributed by atoms with Crippen molar-refractivity contribution in [3.05, 3.63) is 53.3 Å². The van der Waals surface area contributed by atoms with Crippen LogP contribution in [0.2, 0.25) is 0 Å². The number of hydrogen-bond acceptors (Lipinski definition) is 4. The first-order valence-corrected chi connectivity index (χ1v) is 10.3. The minimum atomic E-state index is -0.0620. The molecule has 0 saturated heterocycles. The first kappa shape index (κ1) is 18.0. The summed E-state index contributed by atoms with van der Waals surface area (Å²) >= 11 is 0. The van der Waals surface area contributed by atoms with Crippen molar-refractivity contribution in [2.45, 2.75) is 44.6 Å². The molecular weight excluding hydrogens is 366 g/mol. The maximum absolute atomic E-state index is 12.8. The van der Waals surface area contributed by atoms with Gasteiger partial charge in [0.05, 0.1) is 11.0 Å². The van der Waals surface area contributed by atoms with Crippen LogP contribution in [0.3, 0.4) is 0 Å². The molecule has 1 aliphatic carbocycles. The molecule has 3 aromatic rings. The second-order valence-electron chi connectivity index (χ2n) is 7.99. The second kappa shape index (κ2) is 7.43. The number of H-pyrrole nitrogens is 1. The van der Waals surface area contributed by atoms with E-state index in [2.05, 4.69) is 35.4 Å². The maximum Gasteiger partial charge on any atom is 0.251 e. The number of fused-ring (bicyclic) bond motifs is 2. The molecular formula is C23H25N3O3. The summed E-state index contributed by atoms with van der Waals surface area (Å²) in [7, 11) is 0. The van der Waals surface area contributed by atoms with Crippen LogP contribution in [-0.4, -0.2) is 35.1 Å². The van der Waals surface area contributed by atoms with Crippen molar-refractivity contribution in [1.82, 2.24) is 15.3 Å². The zero-order valence-corrected chi connectivity index (χ0v) is 16.5. The molecule has 0 spiro atoms. The Morgan fingerprint density at radius 3 is 2.86 bits per heavy atom. The number of nitrogens with zero attached hydrogens (tertiary/aromatic N) is 1. The minimum Gasteiger partial charge on any atom is -0.486 e. The average Bonchev–Trinajstić information content (AvgIpc) is 3.19. The summed E-state index contributed by atoms with van der Waals surface area (Å²) in [5.74, 6) is 2.65. The first-order valence-electron chi connectivity index (χ1n) is 10.3. The van der Waals surface area contributed by atoms with Gasteiger partial charge in [-0.25, -0.2) is 4.98 Å². The van der Waals surface area contributed by atoms with E-state index in [1.165, 1.54) is 5.56 Å². The van der Waals surface area contributed by atoms with E-state index in [0.29, 0.717) is 36.2 Å². The maximum atomic E-state index is 12.8. The van der Waals surface area contributed by atoms with Gasteiger partial charge in [-0.2, -0.15) is 0 Å². The monoisotopic (exact) mass is 391 g/mol. The molecule has 150 valence electrons. The SMILES string of the molecule is Cc1cccc2[nH]c(C3CCCC(NC(=O)c4ccc5c(c4)OCCO5)C3)nc12. The van der Waals surface area contributed by atoms with Gasteiger partial charge in [0.2, 0.25) is 0 Å². The Morgan fingerprint density at radius 2 is 2.00 bits per heavy atom. The molecule has 6 nitrogen and oxygen atoms in total. The van der Waals surface area contributed by atoms with Crippen molar-refractivity contribution in [3.63, 3.8) is 0 Å². The van der Waals surface area contributed by atoms with E-state index >= 15 is 0 Å². The van der Waals surface area contributed by atoms with Crippen molar-refractivity contribution in [2.75, 3.05) is 13.2 Å². The molecule has 1 amide bonds. The third-order valence-corrected chi connectivity index (χ3v) is 5.93. The van der Waals surface area contributed by atoms with E-state index in [9.17, 15) is 4.79 Å². The summed E-state index contributed by atoms with van der Waals surface area (Å²) in [6, 6.07) is 11.7. The van der Waals surface area contributed by atoms with E-state index in [4.69, 9.17) is 14.5 Å². The van der Waals surface area contributed by atoms with Crippen LogP contribution < -0.4 is 14.8 Å². The quantitative estimate of drug-likeness (QED) is 0.705. The number of nitrogens with one attached hydrogen (secondary N) is 2. The van der Waals surface area contributed by atoms with Gasteiger partial charge >= 0.3 is 0 Å². The predicted octanol–water partition coefficient (Wildman–Crippen LogP) is 4.10. The number of rotatable bonds is 3. The van der Waals surface area contributed by atoms with E-state index in [1.807, 2.05) is 6.07 Å². The van der Waals surface area contributed by atoms with Crippen molar-refractivity contribution >= 4 is 16.9 Å². The Bertz CT molecular complexity index is 1060. The Kier molecular flexibility index (Phi) is 4.62. The molecule has 29 heavy (non-hydrogen) atoms. The van der Waals surface area contributed by atoms with Gasteiger partial charge in [0.15, 0.2) is 11.5 Å². The van der Waals surface area contributed by atoms with Crippen molar-refractivity contribution in [2.24, 2.45) is 0 Å². The van der Waals surface area contributed by atoms with E-state index in [-0.39, 0.29) is 11.9 Å². The molecule has 2 atom stereocenters. The summed E-state index contributed by atoms with van der Waals surface area (Å²) in [5.41, 5.74) is 3.92. The van der Waals surface area contributed by atoms with Crippen LogP contribution in [0, 0.1) is 6.92 Å². The van der Waals surface area contributed by atoms with Crippen molar-refractivity contribution < 1.29 is 14.3 Å². The molecule has 0 radical (unpaired) electrons. The molecule has 1 aliphatic heterocycles. The lowest BCUT2D eigenvalue weighted by atomic mass is 9.85.